The minimum Gasteiger partial charge on any atom is -0.364 e. The number of hydrogen-bond donors (Lipinski definition) is 2. The van der Waals surface area contributed by atoms with E-state index in [1.54, 1.807) is 6.07 Å². The smallest absolute Gasteiger partial charge is 0.206 e. The van der Waals surface area contributed by atoms with Crippen molar-refractivity contribution >= 4 is 16.5 Å². The molecular weight excluding hydrogens is 298 g/mol. The summed E-state index contributed by atoms with van der Waals surface area (Å²) < 4.78 is 4.83. The Bertz CT molecular complexity index is 755. The Morgan fingerprint density at radius 3 is 3.14 bits per heavy atom. The summed E-state index contributed by atoms with van der Waals surface area (Å²) in [7, 11) is 0. The molecule has 0 spiro atoms. The van der Waals surface area contributed by atoms with Gasteiger partial charge in [0.05, 0.1) is 0 Å². The van der Waals surface area contributed by atoms with E-state index in [9.17, 15) is 0 Å². The monoisotopic (exact) mass is 313 g/mol. The number of benzene rings is 1. The first-order valence-electron chi connectivity index (χ1n) is 7.19. The van der Waals surface area contributed by atoms with Crippen LogP contribution in [0.2, 0.25) is 0 Å². The van der Waals surface area contributed by atoms with Gasteiger partial charge in [-0.05, 0) is 24.1 Å². The zero-order valence-electron chi connectivity index (χ0n) is 11.8. The third kappa shape index (κ3) is 2.60. The van der Waals surface area contributed by atoms with Gasteiger partial charge in [-0.2, -0.15) is 0 Å². The van der Waals surface area contributed by atoms with Crippen LogP contribution in [0.4, 0.5) is 5.13 Å². The van der Waals surface area contributed by atoms with Crippen LogP contribution in [0.5, 0.6) is 0 Å². The highest BCUT2D eigenvalue weighted by atomic mass is 32.1. The fourth-order valence-electron chi connectivity index (χ4n) is 2.69. The minimum atomic E-state index is 0.296. The number of nitrogens with one attached hydrogen (secondary N) is 2. The second kappa shape index (κ2) is 5.86. The largest absolute Gasteiger partial charge is 0.364 e. The van der Waals surface area contributed by atoms with Gasteiger partial charge in [0.15, 0.2) is 5.01 Å². The van der Waals surface area contributed by atoms with Gasteiger partial charge >= 0.3 is 0 Å². The topological polar surface area (TPSA) is 75.9 Å². The molecule has 0 bridgehead atoms. The average molecular weight is 313 g/mol. The van der Waals surface area contributed by atoms with E-state index in [1.807, 2.05) is 0 Å². The molecule has 0 amide bonds. The van der Waals surface area contributed by atoms with Crippen LogP contribution in [0.3, 0.4) is 0 Å². The number of hydrogen-bond acceptors (Lipinski definition) is 7. The normalized spacial score (nSPS) is 17.2. The Kier molecular flexibility index (Phi) is 3.57. The molecule has 1 atom stereocenters. The average Bonchev–Trinajstić information content (AvgIpc) is 3.24. The molecule has 22 heavy (non-hydrogen) atoms. The van der Waals surface area contributed by atoms with Gasteiger partial charge in [0.25, 0.3) is 0 Å². The molecule has 3 heterocycles. The molecule has 0 saturated heterocycles. The molecule has 2 N–H and O–H groups in total. The van der Waals surface area contributed by atoms with E-state index in [4.69, 9.17) is 4.52 Å². The van der Waals surface area contributed by atoms with E-state index >= 15 is 0 Å². The lowest BCUT2D eigenvalue weighted by Crippen LogP contribution is -2.34. The van der Waals surface area contributed by atoms with E-state index in [0.29, 0.717) is 11.7 Å². The molecule has 2 aromatic heterocycles. The van der Waals surface area contributed by atoms with Gasteiger partial charge < -0.3 is 15.2 Å². The highest BCUT2D eigenvalue weighted by molar-refractivity contribution is 7.18. The van der Waals surface area contributed by atoms with Crippen molar-refractivity contribution in [3.8, 4) is 10.7 Å². The van der Waals surface area contributed by atoms with Crippen LogP contribution in [-0.2, 0) is 6.42 Å². The Morgan fingerprint density at radius 1 is 1.27 bits per heavy atom. The molecule has 0 aliphatic carbocycles. The van der Waals surface area contributed by atoms with Crippen molar-refractivity contribution in [2.45, 2.75) is 12.5 Å². The van der Waals surface area contributed by atoms with Crippen LogP contribution in [0, 0.1) is 0 Å². The summed E-state index contributed by atoms with van der Waals surface area (Å²) in [6.07, 6.45) is 2.62. The van der Waals surface area contributed by atoms with Gasteiger partial charge in [-0.15, -0.1) is 10.2 Å². The predicted molar refractivity (Wildman–Crippen MR) is 84.8 cm³/mol. The second-order valence-electron chi connectivity index (χ2n) is 5.13. The van der Waals surface area contributed by atoms with Crippen molar-refractivity contribution in [2.24, 2.45) is 0 Å². The first-order valence-corrected chi connectivity index (χ1v) is 8.01. The van der Waals surface area contributed by atoms with Gasteiger partial charge in [0.1, 0.15) is 12.0 Å². The van der Waals surface area contributed by atoms with Crippen molar-refractivity contribution in [2.75, 3.05) is 18.4 Å². The van der Waals surface area contributed by atoms with Crippen molar-refractivity contribution in [3.05, 3.63) is 47.7 Å². The van der Waals surface area contributed by atoms with E-state index in [1.165, 1.54) is 28.7 Å². The number of aromatic nitrogens is 3. The lowest BCUT2D eigenvalue weighted by atomic mass is 9.94. The first kappa shape index (κ1) is 13.4. The molecular formula is C15H15N5OS. The minimum absolute atomic E-state index is 0.296. The molecule has 0 fully saturated rings. The van der Waals surface area contributed by atoms with Gasteiger partial charge in [0.2, 0.25) is 5.13 Å². The molecule has 3 aromatic rings. The zero-order chi connectivity index (χ0) is 14.8. The molecule has 0 radical (unpaired) electrons. The molecule has 0 saturated carbocycles. The molecule has 1 aliphatic heterocycles. The lowest BCUT2D eigenvalue weighted by Gasteiger charge is -2.26. The van der Waals surface area contributed by atoms with E-state index in [-0.39, 0.29) is 0 Å². The first-order chi connectivity index (χ1) is 10.9. The molecule has 1 unspecified atom stereocenters. The Hall–Kier alpha value is -2.25. The summed E-state index contributed by atoms with van der Waals surface area (Å²) in [6.45, 7) is 1.79. The molecule has 1 aromatic carbocycles. The fraction of sp³-hybridized carbons (Fsp3) is 0.267. The number of fused-ring (bicyclic) bond motifs is 1. The molecule has 1 aliphatic rings. The van der Waals surface area contributed by atoms with Crippen molar-refractivity contribution in [1.82, 2.24) is 20.7 Å². The summed E-state index contributed by atoms with van der Waals surface area (Å²) in [5.41, 5.74) is 3.50. The summed E-state index contributed by atoms with van der Waals surface area (Å²) in [4.78, 5) is 0. The van der Waals surface area contributed by atoms with E-state index < -0.39 is 0 Å². The van der Waals surface area contributed by atoms with E-state index in [0.717, 1.165) is 29.6 Å². The van der Waals surface area contributed by atoms with Gasteiger partial charge in [-0.3, -0.25) is 0 Å². The van der Waals surface area contributed by atoms with E-state index in [2.05, 4.69) is 50.3 Å². The van der Waals surface area contributed by atoms with Gasteiger partial charge in [-0.1, -0.05) is 40.8 Å². The third-order valence-electron chi connectivity index (χ3n) is 3.75. The molecule has 112 valence electrons. The molecule has 6 nitrogen and oxygen atoms in total. The third-order valence-corrected chi connectivity index (χ3v) is 4.66. The SMILES string of the molecule is c1ccc2c(c1)CCNC2CNc1nnc(-c2ccon2)s1. The van der Waals surface area contributed by atoms with Crippen LogP contribution in [-0.4, -0.2) is 28.4 Å². The van der Waals surface area contributed by atoms with Crippen molar-refractivity contribution in [3.63, 3.8) is 0 Å². The van der Waals surface area contributed by atoms with Crippen LogP contribution in [0.1, 0.15) is 17.2 Å². The maximum Gasteiger partial charge on any atom is 0.206 e. The Morgan fingerprint density at radius 2 is 2.23 bits per heavy atom. The standard InChI is InChI=1S/C15H15N5OS/c1-2-4-11-10(3-1)5-7-16-13(11)9-17-15-19-18-14(22-15)12-6-8-21-20-12/h1-4,6,8,13,16H,5,7,9H2,(H,17,19). The summed E-state index contributed by atoms with van der Waals surface area (Å²) in [5.74, 6) is 0. The van der Waals surface area contributed by atoms with Crippen LogP contribution < -0.4 is 10.6 Å². The van der Waals surface area contributed by atoms with Crippen LogP contribution in [0.25, 0.3) is 10.7 Å². The van der Waals surface area contributed by atoms with Gasteiger partial charge in [0, 0.05) is 18.7 Å². The van der Waals surface area contributed by atoms with Crippen molar-refractivity contribution in [1.29, 1.82) is 0 Å². The fourth-order valence-corrected chi connectivity index (χ4v) is 3.40. The molecule has 7 heteroatoms. The Labute approximate surface area is 131 Å². The predicted octanol–water partition coefficient (Wildman–Crippen LogP) is 2.49. The maximum absolute atomic E-state index is 4.83. The highest BCUT2D eigenvalue weighted by Gasteiger charge is 2.19. The van der Waals surface area contributed by atoms with Crippen molar-refractivity contribution < 1.29 is 4.52 Å². The summed E-state index contributed by atoms with van der Waals surface area (Å²) in [5, 5.41) is 20.6. The second-order valence-corrected chi connectivity index (χ2v) is 6.11. The zero-order valence-corrected chi connectivity index (χ0v) is 12.6. The molecule has 4 rings (SSSR count). The quantitative estimate of drug-likeness (QED) is 0.771. The Balaban J connectivity index is 1.45. The number of rotatable bonds is 4. The summed E-state index contributed by atoms with van der Waals surface area (Å²) >= 11 is 1.48. The van der Waals surface area contributed by atoms with Gasteiger partial charge in [-0.25, -0.2) is 0 Å². The van der Waals surface area contributed by atoms with Crippen LogP contribution >= 0.6 is 11.3 Å². The summed E-state index contributed by atoms with van der Waals surface area (Å²) in [6, 6.07) is 10.7. The highest BCUT2D eigenvalue weighted by Crippen LogP contribution is 2.27. The lowest BCUT2D eigenvalue weighted by molar-refractivity contribution is 0.422. The maximum atomic E-state index is 4.83. The number of nitrogens with zero attached hydrogens (tertiary/aromatic N) is 3. The number of anilines is 1. The van der Waals surface area contributed by atoms with Crippen LogP contribution in [0.15, 0.2) is 41.1 Å².